The number of nitrogens with one attached hydrogen (secondary N) is 1. The van der Waals surface area contributed by atoms with Crippen LogP contribution in [0.15, 0.2) is 0 Å². The Labute approximate surface area is 80.1 Å². The van der Waals surface area contributed by atoms with Crippen LogP contribution in [0.25, 0.3) is 0 Å². The second-order valence-corrected chi connectivity index (χ2v) is 4.12. The van der Waals surface area contributed by atoms with Crippen LogP contribution in [0.3, 0.4) is 0 Å². The Bertz CT molecular complexity index is 170. The van der Waals surface area contributed by atoms with E-state index in [2.05, 4.69) is 12.2 Å². The number of hydrogen-bond acceptors (Lipinski definition) is 2. The first-order valence-corrected chi connectivity index (χ1v) is 5.19. The van der Waals surface area contributed by atoms with Gasteiger partial charge in [0.1, 0.15) is 0 Å². The SMILES string of the molecule is CC1CCCCC1CNCC(N)=O. The minimum Gasteiger partial charge on any atom is -0.369 e. The van der Waals surface area contributed by atoms with Gasteiger partial charge in [0.2, 0.25) is 5.91 Å². The maximum Gasteiger partial charge on any atom is 0.231 e. The van der Waals surface area contributed by atoms with Crippen LogP contribution < -0.4 is 11.1 Å². The van der Waals surface area contributed by atoms with Gasteiger partial charge in [-0.1, -0.05) is 26.2 Å². The molecule has 2 unspecified atom stereocenters. The highest BCUT2D eigenvalue weighted by Crippen LogP contribution is 2.28. The van der Waals surface area contributed by atoms with Gasteiger partial charge in [-0.15, -0.1) is 0 Å². The summed E-state index contributed by atoms with van der Waals surface area (Å²) in [6.07, 6.45) is 5.34. The molecule has 76 valence electrons. The molecule has 0 bridgehead atoms. The van der Waals surface area contributed by atoms with Crippen molar-refractivity contribution in [3.8, 4) is 0 Å². The zero-order chi connectivity index (χ0) is 9.68. The van der Waals surface area contributed by atoms with Crippen molar-refractivity contribution in [2.45, 2.75) is 32.6 Å². The van der Waals surface area contributed by atoms with Crippen LogP contribution in [-0.4, -0.2) is 19.0 Å². The Morgan fingerprint density at radius 1 is 1.46 bits per heavy atom. The summed E-state index contributed by atoms with van der Waals surface area (Å²) in [5.74, 6) is 1.28. The van der Waals surface area contributed by atoms with Crippen LogP contribution in [0.5, 0.6) is 0 Å². The molecule has 1 aliphatic carbocycles. The van der Waals surface area contributed by atoms with E-state index in [0.717, 1.165) is 18.4 Å². The maximum absolute atomic E-state index is 10.5. The molecule has 0 aromatic rings. The number of nitrogens with two attached hydrogens (primary N) is 1. The minimum absolute atomic E-state index is 0.261. The van der Waals surface area contributed by atoms with E-state index in [4.69, 9.17) is 5.73 Å². The molecule has 0 aromatic heterocycles. The first-order valence-electron chi connectivity index (χ1n) is 5.19. The molecule has 1 fully saturated rings. The zero-order valence-electron chi connectivity index (χ0n) is 8.38. The van der Waals surface area contributed by atoms with Crippen molar-refractivity contribution >= 4 is 5.91 Å². The van der Waals surface area contributed by atoms with Gasteiger partial charge in [0, 0.05) is 0 Å². The highest BCUT2D eigenvalue weighted by atomic mass is 16.1. The van der Waals surface area contributed by atoms with Crippen LogP contribution >= 0.6 is 0 Å². The van der Waals surface area contributed by atoms with E-state index in [0.29, 0.717) is 6.54 Å². The fourth-order valence-corrected chi connectivity index (χ4v) is 2.08. The molecular weight excluding hydrogens is 164 g/mol. The molecule has 1 aliphatic rings. The molecule has 13 heavy (non-hydrogen) atoms. The van der Waals surface area contributed by atoms with Gasteiger partial charge < -0.3 is 11.1 Å². The van der Waals surface area contributed by atoms with E-state index in [-0.39, 0.29) is 5.91 Å². The predicted molar refractivity (Wildman–Crippen MR) is 53.2 cm³/mol. The molecular formula is C10H20N2O. The third-order valence-corrected chi connectivity index (χ3v) is 2.99. The first-order chi connectivity index (χ1) is 6.20. The zero-order valence-corrected chi connectivity index (χ0v) is 8.38. The molecule has 2 atom stereocenters. The van der Waals surface area contributed by atoms with Crippen LogP contribution in [0.4, 0.5) is 0 Å². The lowest BCUT2D eigenvalue weighted by Crippen LogP contribution is -2.35. The van der Waals surface area contributed by atoms with E-state index >= 15 is 0 Å². The number of amides is 1. The summed E-state index contributed by atoms with van der Waals surface area (Å²) in [5, 5.41) is 3.11. The van der Waals surface area contributed by atoms with Crippen LogP contribution in [0.1, 0.15) is 32.6 Å². The second-order valence-electron chi connectivity index (χ2n) is 4.12. The topological polar surface area (TPSA) is 55.1 Å². The molecule has 0 spiro atoms. The Hall–Kier alpha value is -0.570. The molecule has 1 amide bonds. The van der Waals surface area contributed by atoms with E-state index in [1.807, 2.05) is 0 Å². The third-order valence-electron chi connectivity index (χ3n) is 2.99. The molecule has 0 radical (unpaired) electrons. The number of carbonyl (C=O) groups is 1. The summed E-state index contributed by atoms with van der Waals surface area (Å²) < 4.78 is 0. The van der Waals surface area contributed by atoms with Gasteiger partial charge in [-0.25, -0.2) is 0 Å². The first kappa shape index (κ1) is 10.5. The molecule has 3 nitrogen and oxygen atoms in total. The summed E-state index contributed by atoms with van der Waals surface area (Å²) in [6, 6.07) is 0. The fourth-order valence-electron chi connectivity index (χ4n) is 2.08. The van der Waals surface area contributed by atoms with Crippen LogP contribution in [0.2, 0.25) is 0 Å². The Morgan fingerprint density at radius 2 is 2.15 bits per heavy atom. The summed E-state index contributed by atoms with van der Waals surface area (Å²) in [7, 11) is 0. The van der Waals surface area contributed by atoms with Gasteiger partial charge in [-0.2, -0.15) is 0 Å². The van der Waals surface area contributed by atoms with E-state index in [1.54, 1.807) is 0 Å². The van der Waals surface area contributed by atoms with Crippen molar-refractivity contribution in [2.75, 3.05) is 13.1 Å². The maximum atomic E-state index is 10.5. The monoisotopic (exact) mass is 184 g/mol. The van der Waals surface area contributed by atoms with Crippen molar-refractivity contribution in [3.63, 3.8) is 0 Å². The molecule has 3 N–H and O–H groups in total. The number of carbonyl (C=O) groups excluding carboxylic acids is 1. The van der Waals surface area contributed by atoms with E-state index in [1.165, 1.54) is 25.7 Å². The standard InChI is InChI=1S/C10H20N2O/c1-8-4-2-3-5-9(8)6-12-7-10(11)13/h8-9,12H,2-7H2,1H3,(H2,11,13). The molecule has 0 saturated heterocycles. The van der Waals surface area contributed by atoms with Crippen molar-refractivity contribution < 1.29 is 4.79 Å². The van der Waals surface area contributed by atoms with Crippen LogP contribution in [-0.2, 0) is 4.79 Å². The smallest absolute Gasteiger partial charge is 0.231 e. The van der Waals surface area contributed by atoms with Gasteiger partial charge in [-0.05, 0) is 24.8 Å². The highest BCUT2D eigenvalue weighted by Gasteiger charge is 2.20. The van der Waals surface area contributed by atoms with Gasteiger partial charge >= 0.3 is 0 Å². The van der Waals surface area contributed by atoms with Crippen molar-refractivity contribution in [1.29, 1.82) is 0 Å². The lowest BCUT2D eigenvalue weighted by molar-refractivity contribution is -0.117. The number of hydrogen-bond donors (Lipinski definition) is 2. The highest BCUT2D eigenvalue weighted by molar-refractivity contribution is 5.75. The summed E-state index contributed by atoms with van der Waals surface area (Å²) in [6.45, 7) is 3.57. The Balaban J connectivity index is 2.15. The van der Waals surface area contributed by atoms with Crippen molar-refractivity contribution in [1.82, 2.24) is 5.32 Å². The summed E-state index contributed by atoms with van der Waals surface area (Å²) in [5.41, 5.74) is 5.04. The lowest BCUT2D eigenvalue weighted by Gasteiger charge is -2.28. The normalized spacial score (nSPS) is 28.7. The summed E-state index contributed by atoms with van der Waals surface area (Å²) in [4.78, 5) is 10.5. The summed E-state index contributed by atoms with van der Waals surface area (Å²) >= 11 is 0. The Kier molecular flexibility index (Phi) is 4.22. The van der Waals surface area contributed by atoms with Gasteiger partial charge in [0.25, 0.3) is 0 Å². The quantitative estimate of drug-likeness (QED) is 0.681. The van der Waals surface area contributed by atoms with Crippen molar-refractivity contribution in [2.24, 2.45) is 17.6 Å². The molecule has 0 heterocycles. The Morgan fingerprint density at radius 3 is 2.77 bits per heavy atom. The molecule has 1 rings (SSSR count). The lowest BCUT2D eigenvalue weighted by atomic mass is 9.80. The second kappa shape index (κ2) is 5.22. The van der Waals surface area contributed by atoms with Gasteiger partial charge in [0.15, 0.2) is 0 Å². The largest absolute Gasteiger partial charge is 0.369 e. The minimum atomic E-state index is -0.261. The predicted octanol–water partition coefficient (Wildman–Crippen LogP) is 0.888. The number of rotatable bonds is 4. The molecule has 0 aliphatic heterocycles. The molecule has 3 heteroatoms. The molecule has 1 saturated carbocycles. The van der Waals surface area contributed by atoms with E-state index in [9.17, 15) is 4.79 Å². The van der Waals surface area contributed by atoms with Crippen molar-refractivity contribution in [3.05, 3.63) is 0 Å². The van der Waals surface area contributed by atoms with Gasteiger partial charge in [-0.3, -0.25) is 4.79 Å². The fraction of sp³-hybridized carbons (Fsp3) is 0.900. The number of primary amides is 1. The van der Waals surface area contributed by atoms with E-state index < -0.39 is 0 Å². The van der Waals surface area contributed by atoms with Gasteiger partial charge in [0.05, 0.1) is 6.54 Å². The molecule has 0 aromatic carbocycles. The third kappa shape index (κ3) is 3.77. The average molecular weight is 184 g/mol. The van der Waals surface area contributed by atoms with Crippen LogP contribution in [0, 0.1) is 11.8 Å². The average Bonchev–Trinajstić information content (AvgIpc) is 2.08.